The largest absolute Gasteiger partial charge is 0.481 e. The number of rotatable bonds is 7. The predicted octanol–water partition coefficient (Wildman–Crippen LogP) is 1.75. The lowest BCUT2D eigenvalue weighted by molar-refractivity contribution is -0.141. The van der Waals surface area contributed by atoms with Gasteiger partial charge in [0.1, 0.15) is 0 Å². The number of hydrogen-bond donors (Lipinski definition) is 3. The Morgan fingerprint density at radius 3 is 2.74 bits per heavy atom. The smallest absolute Gasteiger partial charge is 0.315 e. The van der Waals surface area contributed by atoms with Gasteiger partial charge in [0.15, 0.2) is 0 Å². The van der Waals surface area contributed by atoms with Crippen molar-refractivity contribution in [1.29, 1.82) is 0 Å². The quantitative estimate of drug-likeness (QED) is 0.711. The third-order valence-electron chi connectivity index (χ3n) is 2.59. The van der Waals surface area contributed by atoms with Gasteiger partial charge in [0.05, 0.1) is 17.5 Å². The average Bonchev–Trinajstić information content (AvgIpc) is 2.77. The normalized spacial score (nSPS) is 11.9. The molecule has 0 aliphatic heterocycles. The number of hydrogen-bond acceptors (Lipinski definition) is 4. The summed E-state index contributed by atoms with van der Waals surface area (Å²) in [6.07, 6.45) is 3.06. The van der Waals surface area contributed by atoms with Crippen LogP contribution in [0.1, 0.15) is 29.7 Å². The molecule has 0 aliphatic rings. The van der Waals surface area contributed by atoms with Gasteiger partial charge in [-0.05, 0) is 13.3 Å². The molecular formula is C12H19N3O3S. The molecule has 2 amide bonds. The maximum Gasteiger partial charge on any atom is 0.315 e. The molecule has 0 saturated heterocycles. The summed E-state index contributed by atoms with van der Waals surface area (Å²) in [7, 11) is 0. The van der Waals surface area contributed by atoms with Crippen molar-refractivity contribution < 1.29 is 14.7 Å². The third kappa shape index (κ3) is 5.69. The van der Waals surface area contributed by atoms with Crippen molar-refractivity contribution in [1.82, 2.24) is 15.6 Å². The topological polar surface area (TPSA) is 91.3 Å². The molecule has 19 heavy (non-hydrogen) atoms. The number of thiazole rings is 1. The van der Waals surface area contributed by atoms with Crippen LogP contribution < -0.4 is 10.6 Å². The Balaban J connectivity index is 2.28. The summed E-state index contributed by atoms with van der Waals surface area (Å²) < 4.78 is 0. The van der Waals surface area contributed by atoms with Crippen LogP contribution in [0.5, 0.6) is 0 Å². The fourth-order valence-corrected chi connectivity index (χ4v) is 2.33. The molecule has 6 nitrogen and oxygen atoms in total. The van der Waals surface area contributed by atoms with Gasteiger partial charge < -0.3 is 15.7 Å². The molecule has 3 N–H and O–H groups in total. The average molecular weight is 285 g/mol. The van der Waals surface area contributed by atoms with Gasteiger partial charge in [-0.1, -0.05) is 13.3 Å². The molecule has 0 spiro atoms. The molecule has 0 saturated carbocycles. The molecule has 7 heteroatoms. The molecule has 1 rings (SSSR count). The number of carboxylic acids is 1. The van der Waals surface area contributed by atoms with E-state index < -0.39 is 11.9 Å². The Morgan fingerprint density at radius 2 is 2.21 bits per heavy atom. The number of carbonyl (C=O) groups is 2. The number of urea groups is 1. The molecule has 1 heterocycles. The molecule has 1 aromatic rings. The van der Waals surface area contributed by atoms with Crippen molar-refractivity contribution in [2.45, 2.75) is 33.2 Å². The summed E-state index contributed by atoms with van der Waals surface area (Å²) >= 11 is 1.52. The molecule has 106 valence electrons. The molecule has 0 fully saturated rings. The van der Waals surface area contributed by atoms with Gasteiger partial charge >= 0.3 is 12.0 Å². The van der Waals surface area contributed by atoms with E-state index in [2.05, 4.69) is 15.6 Å². The lowest BCUT2D eigenvalue weighted by Crippen LogP contribution is -2.39. The van der Waals surface area contributed by atoms with Crippen LogP contribution in [-0.2, 0) is 11.3 Å². The summed E-state index contributed by atoms with van der Waals surface area (Å²) in [4.78, 5) is 27.5. The number of amides is 2. The minimum atomic E-state index is -0.875. The molecule has 1 atom stereocenters. The van der Waals surface area contributed by atoms with Crippen molar-refractivity contribution in [2.75, 3.05) is 6.54 Å². The maximum atomic E-state index is 11.5. The van der Waals surface area contributed by atoms with E-state index in [-0.39, 0.29) is 12.6 Å². The second-order valence-electron chi connectivity index (χ2n) is 4.23. The van der Waals surface area contributed by atoms with Gasteiger partial charge in [0, 0.05) is 17.6 Å². The summed E-state index contributed by atoms with van der Waals surface area (Å²) in [6, 6.07) is -0.353. The SMILES string of the molecule is CCCC(CNC(=O)NCc1cnc(C)s1)C(=O)O. The highest BCUT2D eigenvalue weighted by Crippen LogP contribution is 2.10. The molecular weight excluding hydrogens is 266 g/mol. The predicted molar refractivity (Wildman–Crippen MR) is 73.1 cm³/mol. The standard InChI is InChI=1S/C12H19N3O3S/c1-3-4-9(11(16)17)5-14-12(18)15-7-10-6-13-8(2)19-10/h6,9H,3-5,7H2,1-2H3,(H,16,17)(H2,14,15,18). The van der Waals surface area contributed by atoms with Gasteiger partial charge in [-0.15, -0.1) is 11.3 Å². The van der Waals surface area contributed by atoms with E-state index in [0.717, 1.165) is 16.3 Å². The number of aliphatic carboxylic acids is 1. The van der Waals surface area contributed by atoms with E-state index in [1.54, 1.807) is 6.20 Å². The second-order valence-corrected chi connectivity index (χ2v) is 5.55. The number of nitrogens with one attached hydrogen (secondary N) is 2. The number of nitrogens with zero attached hydrogens (tertiary/aromatic N) is 1. The lowest BCUT2D eigenvalue weighted by atomic mass is 10.0. The molecule has 0 bridgehead atoms. The minimum Gasteiger partial charge on any atom is -0.481 e. The van der Waals surface area contributed by atoms with Crippen LogP contribution in [0.4, 0.5) is 4.79 Å². The summed E-state index contributed by atoms with van der Waals surface area (Å²) in [5.74, 6) is -1.40. The number of carbonyl (C=O) groups excluding carboxylic acids is 1. The van der Waals surface area contributed by atoms with Crippen molar-refractivity contribution in [3.63, 3.8) is 0 Å². The number of carboxylic acid groups (broad SMARTS) is 1. The molecule has 1 unspecified atom stereocenters. The van der Waals surface area contributed by atoms with Crippen LogP contribution in [0.15, 0.2) is 6.20 Å². The third-order valence-corrected chi connectivity index (χ3v) is 3.50. The number of aryl methyl sites for hydroxylation is 1. The summed E-state index contributed by atoms with van der Waals surface area (Å²) in [5.41, 5.74) is 0. The first kappa shape index (κ1) is 15.4. The van der Waals surface area contributed by atoms with Crippen molar-refractivity contribution in [3.8, 4) is 0 Å². The van der Waals surface area contributed by atoms with E-state index in [0.29, 0.717) is 13.0 Å². The molecule has 0 aromatic carbocycles. The van der Waals surface area contributed by atoms with Crippen molar-refractivity contribution >= 4 is 23.3 Å². The fourth-order valence-electron chi connectivity index (χ4n) is 1.59. The zero-order valence-electron chi connectivity index (χ0n) is 11.1. The van der Waals surface area contributed by atoms with Crippen LogP contribution in [-0.4, -0.2) is 28.6 Å². The maximum absolute atomic E-state index is 11.5. The van der Waals surface area contributed by atoms with Gasteiger partial charge in [-0.25, -0.2) is 9.78 Å². The first-order chi connectivity index (χ1) is 9.02. The summed E-state index contributed by atoms with van der Waals surface area (Å²) in [6.45, 7) is 4.37. The Hall–Kier alpha value is -1.63. The van der Waals surface area contributed by atoms with Gasteiger partial charge in [-0.3, -0.25) is 4.79 Å². The lowest BCUT2D eigenvalue weighted by Gasteiger charge is -2.12. The van der Waals surface area contributed by atoms with Crippen LogP contribution >= 0.6 is 11.3 Å². The first-order valence-electron chi connectivity index (χ1n) is 6.18. The molecule has 0 radical (unpaired) electrons. The number of aromatic nitrogens is 1. The highest BCUT2D eigenvalue weighted by molar-refractivity contribution is 7.11. The van der Waals surface area contributed by atoms with Gasteiger partial charge in [-0.2, -0.15) is 0 Å². The van der Waals surface area contributed by atoms with Crippen LogP contribution in [0, 0.1) is 12.8 Å². The summed E-state index contributed by atoms with van der Waals surface area (Å²) in [5, 5.41) is 15.2. The highest BCUT2D eigenvalue weighted by atomic mass is 32.1. The van der Waals surface area contributed by atoms with E-state index in [9.17, 15) is 9.59 Å². The van der Waals surface area contributed by atoms with Crippen LogP contribution in [0.2, 0.25) is 0 Å². The van der Waals surface area contributed by atoms with Crippen LogP contribution in [0.25, 0.3) is 0 Å². The van der Waals surface area contributed by atoms with Crippen molar-refractivity contribution in [2.24, 2.45) is 5.92 Å². The Bertz CT molecular complexity index is 434. The molecule has 0 aliphatic carbocycles. The Labute approximate surface area is 116 Å². The Morgan fingerprint density at radius 1 is 1.47 bits per heavy atom. The van der Waals surface area contributed by atoms with Crippen LogP contribution in [0.3, 0.4) is 0 Å². The van der Waals surface area contributed by atoms with Gasteiger partial charge in [0.25, 0.3) is 0 Å². The van der Waals surface area contributed by atoms with E-state index >= 15 is 0 Å². The molecule has 1 aromatic heterocycles. The highest BCUT2D eigenvalue weighted by Gasteiger charge is 2.16. The Kier molecular flexibility index (Phi) is 6.27. The zero-order valence-corrected chi connectivity index (χ0v) is 11.9. The van der Waals surface area contributed by atoms with Crippen molar-refractivity contribution in [3.05, 3.63) is 16.1 Å². The van der Waals surface area contributed by atoms with E-state index in [1.165, 1.54) is 11.3 Å². The second kappa shape index (κ2) is 7.73. The van der Waals surface area contributed by atoms with E-state index in [1.807, 2.05) is 13.8 Å². The first-order valence-corrected chi connectivity index (χ1v) is 7.00. The zero-order chi connectivity index (χ0) is 14.3. The minimum absolute atomic E-state index is 0.150. The monoisotopic (exact) mass is 285 g/mol. The fraction of sp³-hybridized carbons (Fsp3) is 0.583. The van der Waals surface area contributed by atoms with Gasteiger partial charge in [0.2, 0.25) is 0 Å². The van der Waals surface area contributed by atoms with E-state index in [4.69, 9.17) is 5.11 Å².